The summed E-state index contributed by atoms with van der Waals surface area (Å²) in [5.41, 5.74) is -0.246. The van der Waals surface area contributed by atoms with Gasteiger partial charge in [0.1, 0.15) is 5.60 Å². The first-order chi connectivity index (χ1) is 9.12. The van der Waals surface area contributed by atoms with Gasteiger partial charge in [0, 0.05) is 40.3 Å². The van der Waals surface area contributed by atoms with Gasteiger partial charge in [0.25, 0.3) is 0 Å². The number of ether oxygens (including phenoxy) is 4. The molecule has 0 bridgehead atoms. The summed E-state index contributed by atoms with van der Waals surface area (Å²) in [4.78, 5) is 0. The molecule has 0 amide bonds. The Morgan fingerprint density at radius 2 is 2.16 bits per heavy atom. The number of methoxy groups -OCH3 is 2. The van der Waals surface area contributed by atoms with Crippen molar-refractivity contribution in [3.05, 3.63) is 0 Å². The minimum atomic E-state index is -0.532. The molecule has 19 heavy (non-hydrogen) atoms. The third kappa shape index (κ3) is 6.16. The summed E-state index contributed by atoms with van der Waals surface area (Å²) in [7, 11) is 3.33. The Kier molecular flexibility index (Phi) is 7.82. The summed E-state index contributed by atoms with van der Waals surface area (Å²) < 4.78 is 21.2. The van der Waals surface area contributed by atoms with Crippen molar-refractivity contribution in [1.29, 1.82) is 0 Å². The van der Waals surface area contributed by atoms with Crippen LogP contribution in [0.2, 0.25) is 0 Å². The van der Waals surface area contributed by atoms with Crippen LogP contribution < -0.4 is 5.32 Å². The van der Waals surface area contributed by atoms with E-state index >= 15 is 0 Å². The highest BCUT2D eigenvalue weighted by atomic mass is 16.6. The minimum absolute atomic E-state index is 0.00630. The van der Waals surface area contributed by atoms with Crippen molar-refractivity contribution in [2.24, 2.45) is 0 Å². The Morgan fingerprint density at radius 3 is 2.74 bits per heavy atom. The summed E-state index contributed by atoms with van der Waals surface area (Å²) >= 11 is 0. The van der Waals surface area contributed by atoms with Crippen molar-refractivity contribution in [2.75, 3.05) is 53.7 Å². The molecule has 6 heteroatoms. The Hall–Kier alpha value is -0.240. The zero-order chi connectivity index (χ0) is 14.1. The van der Waals surface area contributed by atoms with Crippen molar-refractivity contribution in [2.45, 2.75) is 31.2 Å². The fraction of sp³-hybridized carbons (Fsp3) is 1.00. The van der Waals surface area contributed by atoms with Crippen LogP contribution in [-0.4, -0.2) is 76.7 Å². The first-order valence-corrected chi connectivity index (χ1v) is 6.74. The standard InChI is InChI=1S/C13H27NO5/c1-11(7-16-2)19-8-12(15)6-14-9-13(17-3)4-5-18-10-13/h11-12,14-15H,4-10H2,1-3H3. The fourth-order valence-electron chi connectivity index (χ4n) is 2.04. The second-order valence-corrected chi connectivity index (χ2v) is 5.07. The van der Waals surface area contributed by atoms with Crippen LogP contribution >= 0.6 is 0 Å². The minimum Gasteiger partial charge on any atom is -0.389 e. The molecule has 0 aliphatic carbocycles. The molecule has 1 aliphatic heterocycles. The van der Waals surface area contributed by atoms with Crippen LogP contribution in [0.25, 0.3) is 0 Å². The van der Waals surface area contributed by atoms with Gasteiger partial charge in [0.2, 0.25) is 0 Å². The Bertz CT molecular complexity index is 233. The van der Waals surface area contributed by atoms with Gasteiger partial charge in [0.05, 0.1) is 32.0 Å². The number of hydrogen-bond acceptors (Lipinski definition) is 6. The molecular weight excluding hydrogens is 250 g/mol. The molecular formula is C13H27NO5. The monoisotopic (exact) mass is 277 g/mol. The van der Waals surface area contributed by atoms with Crippen molar-refractivity contribution < 1.29 is 24.1 Å². The smallest absolute Gasteiger partial charge is 0.106 e. The summed E-state index contributed by atoms with van der Waals surface area (Å²) in [5, 5.41) is 13.0. The highest BCUT2D eigenvalue weighted by molar-refractivity contribution is 4.87. The third-order valence-corrected chi connectivity index (χ3v) is 3.30. The molecule has 0 aromatic carbocycles. The Balaban J connectivity index is 2.11. The van der Waals surface area contributed by atoms with Gasteiger partial charge in [-0.1, -0.05) is 0 Å². The molecule has 114 valence electrons. The van der Waals surface area contributed by atoms with Gasteiger partial charge in [-0.15, -0.1) is 0 Å². The second-order valence-electron chi connectivity index (χ2n) is 5.07. The van der Waals surface area contributed by atoms with E-state index in [0.717, 1.165) is 13.0 Å². The maximum atomic E-state index is 9.80. The topological polar surface area (TPSA) is 69.2 Å². The third-order valence-electron chi connectivity index (χ3n) is 3.30. The van der Waals surface area contributed by atoms with E-state index in [1.54, 1.807) is 14.2 Å². The predicted octanol–water partition coefficient (Wildman–Crippen LogP) is -0.206. The highest BCUT2D eigenvalue weighted by Crippen LogP contribution is 2.21. The number of hydrogen-bond donors (Lipinski definition) is 2. The summed E-state index contributed by atoms with van der Waals surface area (Å²) in [6, 6.07) is 0. The van der Waals surface area contributed by atoms with Crippen LogP contribution in [0.1, 0.15) is 13.3 Å². The summed E-state index contributed by atoms with van der Waals surface area (Å²) in [6.07, 6.45) is 0.345. The predicted molar refractivity (Wildman–Crippen MR) is 71.3 cm³/mol. The number of nitrogens with one attached hydrogen (secondary N) is 1. The van der Waals surface area contributed by atoms with Crippen LogP contribution in [0.3, 0.4) is 0 Å². The lowest BCUT2D eigenvalue weighted by Crippen LogP contribution is -2.45. The Labute approximate surface area is 115 Å². The molecule has 6 nitrogen and oxygen atoms in total. The van der Waals surface area contributed by atoms with Gasteiger partial charge in [0.15, 0.2) is 0 Å². The van der Waals surface area contributed by atoms with Crippen LogP contribution in [0, 0.1) is 0 Å². The molecule has 3 unspecified atom stereocenters. The highest BCUT2D eigenvalue weighted by Gasteiger charge is 2.34. The van der Waals surface area contributed by atoms with Crippen LogP contribution in [-0.2, 0) is 18.9 Å². The molecule has 0 radical (unpaired) electrons. The largest absolute Gasteiger partial charge is 0.389 e. The first kappa shape index (κ1) is 16.8. The molecule has 2 N–H and O–H groups in total. The molecule has 1 heterocycles. The maximum Gasteiger partial charge on any atom is 0.106 e. The summed E-state index contributed by atoms with van der Waals surface area (Å²) in [6.45, 7) is 5.24. The average Bonchev–Trinajstić information content (AvgIpc) is 2.86. The lowest BCUT2D eigenvalue weighted by atomic mass is 10.0. The van der Waals surface area contributed by atoms with E-state index in [0.29, 0.717) is 32.9 Å². The zero-order valence-corrected chi connectivity index (χ0v) is 12.2. The van der Waals surface area contributed by atoms with Gasteiger partial charge >= 0.3 is 0 Å². The van der Waals surface area contributed by atoms with Crippen LogP contribution in [0.15, 0.2) is 0 Å². The van der Waals surface area contributed by atoms with Crippen molar-refractivity contribution >= 4 is 0 Å². The SMILES string of the molecule is COCC(C)OCC(O)CNCC1(OC)CCOC1. The van der Waals surface area contributed by atoms with Crippen LogP contribution in [0.4, 0.5) is 0 Å². The Morgan fingerprint density at radius 1 is 1.37 bits per heavy atom. The molecule has 0 aromatic rings. The molecule has 0 spiro atoms. The van der Waals surface area contributed by atoms with E-state index in [1.165, 1.54) is 0 Å². The van der Waals surface area contributed by atoms with Gasteiger partial charge in [-0.3, -0.25) is 0 Å². The van der Waals surface area contributed by atoms with Gasteiger partial charge < -0.3 is 29.4 Å². The lowest BCUT2D eigenvalue weighted by molar-refractivity contribution is -0.0371. The van der Waals surface area contributed by atoms with Crippen molar-refractivity contribution in [3.63, 3.8) is 0 Å². The van der Waals surface area contributed by atoms with E-state index in [9.17, 15) is 5.11 Å². The van der Waals surface area contributed by atoms with Crippen molar-refractivity contribution in [1.82, 2.24) is 5.32 Å². The molecule has 0 aromatic heterocycles. The molecule has 1 aliphatic rings. The molecule has 0 saturated carbocycles. The zero-order valence-electron chi connectivity index (χ0n) is 12.2. The fourth-order valence-corrected chi connectivity index (χ4v) is 2.04. The van der Waals surface area contributed by atoms with Crippen molar-refractivity contribution in [3.8, 4) is 0 Å². The van der Waals surface area contributed by atoms with Gasteiger partial charge in [-0.05, 0) is 6.92 Å². The molecule has 1 saturated heterocycles. The first-order valence-electron chi connectivity index (χ1n) is 6.74. The quantitative estimate of drug-likeness (QED) is 0.576. The van der Waals surface area contributed by atoms with Crippen LogP contribution in [0.5, 0.6) is 0 Å². The van der Waals surface area contributed by atoms with E-state index in [1.807, 2.05) is 6.92 Å². The summed E-state index contributed by atoms with van der Waals surface area (Å²) in [5.74, 6) is 0. The van der Waals surface area contributed by atoms with E-state index < -0.39 is 6.10 Å². The number of aliphatic hydroxyl groups excluding tert-OH is 1. The lowest BCUT2D eigenvalue weighted by Gasteiger charge is -2.26. The molecule has 1 fully saturated rings. The van der Waals surface area contributed by atoms with Gasteiger partial charge in [-0.25, -0.2) is 0 Å². The molecule has 1 rings (SSSR count). The molecule has 3 atom stereocenters. The normalized spacial score (nSPS) is 26.5. The maximum absolute atomic E-state index is 9.80. The van der Waals surface area contributed by atoms with E-state index in [2.05, 4.69) is 5.32 Å². The van der Waals surface area contributed by atoms with E-state index in [4.69, 9.17) is 18.9 Å². The van der Waals surface area contributed by atoms with E-state index in [-0.39, 0.29) is 11.7 Å². The second kappa shape index (κ2) is 8.84. The number of rotatable bonds is 10. The average molecular weight is 277 g/mol. The van der Waals surface area contributed by atoms with Gasteiger partial charge in [-0.2, -0.15) is 0 Å². The number of aliphatic hydroxyl groups is 1.